The molecule has 2 aliphatic rings. The Morgan fingerprint density at radius 2 is 2.14 bits per heavy atom. The molecule has 2 atom stereocenters. The molecule has 2 aliphatic heterocycles. The van der Waals surface area contributed by atoms with E-state index in [1.807, 2.05) is 30.0 Å². The minimum absolute atomic E-state index is 0.00631. The maximum atomic E-state index is 10.8. The first-order chi connectivity index (χ1) is 10.1. The summed E-state index contributed by atoms with van der Waals surface area (Å²) in [5.41, 5.74) is 0.825. The third-order valence-electron chi connectivity index (χ3n) is 4.68. The molecule has 0 aliphatic carbocycles. The summed E-state index contributed by atoms with van der Waals surface area (Å²) in [5, 5.41) is 11.4. The summed E-state index contributed by atoms with van der Waals surface area (Å²) < 4.78 is 6.95. The number of benzene rings is 1. The van der Waals surface area contributed by atoms with Crippen molar-refractivity contribution in [3.8, 4) is 0 Å². The molecular formula is C16H20BrClO2S. The van der Waals surface area contributed by atoms with Gasteiger partial charge in [0.05, 0.1) is 16.7 Å². The van der Waals surface area contributed by atoms with Crippen LogP contribution in [0.1, 0.15) is 37.4 Å². The second-order valence-corrected chi connectivity index (χ2v) is 8.44. The van der Waals surface area contributed by atoms with Gasteiger partial charge >= 0.3 is 0 Å². The van der Waals surface area contributed by atoms with Crippen LogP contribution in [0.25, 0.3) is 0 Å². The SMILES string of the molecule is OC(c1cccc(Br)c1Cl)C1CCOC2(CCSCC2)C1. The van der Waals surface area contributed by atoms with Gasteiger partial charge in [-0.15, -0.1) is 0 Å². The first-order valence-corrected chi connectivity index (χ1v) is 9.78. The van der Waals surface area contributed by atoms with E-state index in [-0.39, 0.29) is 11.5 Å². The van der Waals surface area contributed by atoms with E-state index < -0.39 is 6.10 Å². The maximum Gasteiger partial charge on any atom is 0.0834 e. The molecule has 0 amide bonds. The lowest BCUT2D eigenvalue weighted by atomic mass is 9.78. The molecule has 2 saturated heterocycles. The molecule has 5 heteroatoms. The molecular weight excluding hydrogens is 372 g/mol. The van der Waals surface area contributed by atoms with Crippen molar-refractivity contribution >= 4 is 39.3 Å². The zero-order valence-corrected chi connectivity index (χ0v) is 15.0. The Kier molecular flexibility index (Phi) is 5.22. The van der Waals surface area contributed by atoms with Crippen LogP contribution in [0.5, 0.6) is 0 Å². The molecule has 1 aromatic carbocycles. The third kappa shape index (κ3) is 3.45. The second kappa shape index (κ2) is 6.79. The Labute approximate surface area is 143 Å². The van der Waals surface area contributed by atoms with E-state index in [9.17, 15) is 5.11 Å². The topological polar surface area (TPSA) is 29.5 Å². The molecule has 2 nitrogen and oxygen atoms in total. The summed E-state index contributed by atoms with van der Waals surface area (Å²) in [4.78, 5) is 0. The highest BCUT2D eigenvalue weighted by atomic mass is 79.9. The molecule has 0 saturated carbocycles. The van der Waals surface area contributed by atoms with Crippen LogP contribution >= 0.6 is 39.3 Å². The van der Waals surface area contributed by atoms with E-state index >= 15 is 0 Å². The van der Waals surface area contributed by atoms with Crippen LogP contribution in [0.3, 0.4) is 0 Å². The number of halogens is 2. The fourth-order valence-corrected chi connectivity index (χ4v) is 5.29. The van der Waals surface area contributed by atoms with Crippen LogP contribution in [0.2, 0.25) is 5.02 Å². The molecule has 3 rings (SSSR count). The number of ether oxygens (including phenoxy) is 1. The lowest BCUT2D eigenvalue weighted by molar-refractivity contribution is -0.121. The maximum absolute atomic E-state index is 10.8. The lowest BCUT2D eigenvalue weighted by Crippen LogP contribution is -2.44. The molecule has 2 heterocycles. The Hall–Kier alpha value is 0.260. The van der Waals surface area contributed by atoms with Crippen LogP contribution in [-0.4, -0.2) is 28.8 Å². The van der Waals surface area contributed by atoms with E-state index in [1.165, 1.54) is 11.5 Å². The van der Waals surface area contributed by atoms with E-state index in [0.29, 0.717) is 5.02 Å². The minimum atomic E-state index is -0.509. The lowest BCUT2D eigenvalue weighted by Gasteiger charge is -2.44. The van der Waals surface area contributed by atoms with E-state index in [0.717, 1.165) is 42.3 Å². The Morgan fingerprint density at radius 1 is 1.38 bits per heavy atom. The molecule has 1 spiro atoms. The number of thioether (sulfide) groups is 1. The van der Waals surface area contributed by atoms with Gasteiger partial charge in [0.1, 0.15) is 0 Å². The Morgan fingerprint density at radius 3 is 2.90 bits per heavy atom. The second-order valence-electron chi connectivity index (χ2n) is 5.98. The van der Waals surface area contributed by atoms with Crippen molar-refractivity contribution in [2.24, 2.45) is 5.92 Å². The van der Waals surface area contributed by atoms with Crippen LogP contribution in [0.4, 0.5) is 0 Å². The van der Waals surface area contributed by atoms with Crippen LogP contribution in [0, 0.1) is 5.92 Å². The van der Waals surface area contributed by atoms with Gasteiger partial charge < -0.3 is 9.84 Å². The van der Waals surface area contributed by atoms with Gasteiger partial charge in [0.15, 0.2) is 0 Å². The zero-order chi connectivity index (χ0) is 14.9. The average Bonchev–Trinajstić information content (AvgIpc) is 2.50. The van der Waals surface area contributed by atoms with Crippen molar-refractivity contribution in [1.29, 1.82) is 0 Å². The number of aliphatic hydroxyl groups excluding tert-OH is 1. The molecule has 0 radical (unpaired) electrons. The Bertz CT molecular complexity index is 500. The molecule has 0 aromatic heterocycles. The normalized spacial score (nSPS) is 26.7. The fourth-order valence-electron chi connectivity index (χ4n) is 3.43. The molecule has 2 unspecified atom stereocenters. The highest BCUT2D eigenvalue weighted by molar-refractivity contribution is 9.10. The summed E-state index contributed by atoms with van der Waals surface area (Å²) in [6.07, 6.45) is 3.54. The van der Waals surface area contributed by atoms with Gasteiger partial charge in [-0.05, 0) is 65.1 Å². The molecule has 21 heavy (non-hydrogen) atoms. The van der Waals surface area contributed by atoms with Gasteiger partial charge in [-0.25, -0.2) is 0 Å². The predicted octanol–water partition coefficient (Wildman–Crippen LogP) is 4.83. The molecule has 116 valence electrons. The number of hydrogen-bond acceptors (Lipinski definition) is 3. The van der Waals surface area contributed by atoms with Crippen molar-refractivity contribution in [3.05, 3.63) is 33.3 Å². The molecule has 0 bridgehead atoms. The first kappa shape index (κ1) is 16.1. The Balaban J connectivity index is 1.78. The standard InChI is InChI=1S/C16H20BrClO2S/c17-13-3-1-2-12(14(13)18)15(19)11-4-7-20-16(10-11)5-8-21-9-6-16/h1-3,11,15,19H,4-10H2. The highest BCUT2D eigenvalue weighted by Crippen LogP contribution is 2.45. The molecule has 2 fully saturated rings. The van der Waals surface area contributed by atoms with E-state index in [2.05, 4.69) is 15.9 Å². The quantitative estimate of drug-likeness (QED) is 0.783. The largest absolute Gasteiger partial charge is 0.388 e. The summed E-state index contributed by atoms with van der Waals surface area (Å²) in [6.45, 7) is 0.748. The number of hydrogen-bond donors (Lipinski definition) is 1. The summed E-state index contributed by atoms with van der Waals surface area (Å²) in [6, 6.07) is 5.76. The third-order valence-corrected chi connectivity index (χ3v) is 6.98. The number of aliphatic hydroxyl groups is 1. The van der Waals surface area contributed by atoms with Gasteiger partial charge in [-0.2, -0.15) is 11.8 Å². The minimum Gasteiger partial charge on any atom is -0.388 e. The molecule has 1 aromatic rings. The van der Waals surface area contributed by atoms with Crippen LogP contribution in [0.15, 0.2) is 22.7 Å². The van der Waals surface area contributed by atoms with E-state index in [4.69, 9.17) is 16.3 Å². The van der Waals surface area contributed by atoms with Crippen LogP contribution < -0.4 is 0 Å². The van der Waals surface area contributed by atoms with Crippen molar-refractivity contribution in [2.45, 2.75) is 37.4 Å². The van der Waals surface area contributed by atoms with Crippen molar-refractivity contribution < 1.29 is 9.84 Å². The number of rotatable bonds is 2. The van der Waals surface area contributed by atoms with Gasteiger partial charge in [0, 0.05) is 16.6 Å². The molecule has 1 N–H and O–H groups in total. The van der Waals surface area contributed by atoms with Gasteiger partial charge in [0.25, 0.3) is 0 Å². The summed E-state index contributed by atoms with van der Waals surface area (Å²) in [5.74, 6) is 2.56. The van der Waals surface area contributed by atoms with Gasteiger partial charge in [-0.3, -0.25) is 0 Å². The average molecular weight is 392 g/mol. The highest BCUT2D eigenvalue weighted by Gasteiger charge is 2.41. The van der Waals surface area contributed by atoms with Crippen molar-refractivity contribution in [3.63, 3.8) is 0 Å². The summed E-state index contributed by atoms with van der Waals surface area (Å²) in [7, 11) is 0. The monoisotopic (exact) mass is 390 g/mol. The zero-order valence-electron chi connectivity index (χ0n) is 11.9. The van der Waals surface area contributed by atoms with Crippen molar-refractivity contribution in [2.75, 3.05) is 18.1 Å². The van der Waals surface area contributed by atoms with Crippen LogP contribution in [-0.2, 0) is 4.74 Å². The van der Waals surface area contributed by atoms with E-state index in [1.54, 1.807) is 0 Å². The first-order valence-electron chi connectivity index (χ1n) is 7.45. The van der Waals surface area contributed by atoms with Gasteiger partial charge in [-0.1, -0.05) is 23.7 Å². The van der Waals surface area contributed by atoms with Gasteiger partial charge in [0.2, 0.25) is 0 Å². The van der Waals surface area contributed by atoms with Crippen molar-refractivity contribution in [1.82, 2.24) is 0 Å². The predicted molar refractivity (Wildman–Crippen MR) is 92.1 cm³/mol. The summed E-state index contributed by atoms with van der Waals surface area (Å²) >= 11 is 11.8. The smallest absolute Gasteiger partial charge is 0.0834 e. The fraction of sp³-hybridized carbons (Fsp3) is 0.625.